The minimum Gasteiger partial charge on any atom is -0.496 e. The molecule has 0 fully saturated rings. The van der Waals surface area contributed by atoms with E-state index in [2.05, 4.69) is 9.88 Å². The third kappa shape index (κ3) is 5.84. The first-order chi connectivity index (χ1) is 16.1. The smallest absolute Gasteiger partial charge is 0.246 e. The van der Waals surface area contributed by atoms with Crippen LogP contribution < -0.4 is 9.46 Å². The van der Waals surface area contributed by atoms with Crippen molar-refractivity contribution >= 4 is 15.9 Å². The Morgan fingerprint density at radius 1 is 1.09 bits per heavy atom. The van der Waals surface area contributed by atoms with E-state index in [4.69, 9.17) is 9.26 Å². The van der Waals surface area contributed by atoms with Gasteiger partial charge in [-0.1, -0.05) is 53.7 Å². The Morgan fingerprint density at radius 3 is 2.35 bits per heavy atom. The van der Waals surface area contributed by atoms with E-state index in [0.29, 0.717) is 13.0 Å². The van der Waals surface area contributed by atoms with Gasteiger partial charge in [0.05, 0.1) is 13.2 Å². The number of aromatic nitrogens is 1. The maximum Gasteiger partial charge on any atom is 0.246 e. The van der Waals surface area contributed by atoms with Crippen LogP contribution in [0, 0.1) is 13.8 Å². The molecule has 0 spiro atoms. The molecular weight excluding hydrogens is 454 g/mol. The summed E-state index contributed by atoms with van der Waals surface area (Å²) in [5.41, 5.74) is 2.16. The molecule has 0 bridgehead atoms. The van der Waals surface area contributed by atoms with E-state index in [1.807, 2.05) is 61.5 Å². The zero-order valence-corrected chi connectivity index (χ0v) is 20.9. The summed E-state index contributed by atoms with van der Waals surface area (Å²) < 4.78 is 38.9. The van der Waals surface area contributed by atoms with Crippen molar-refractivity contribution in [3.63, 3.8) is 0 Å². The molecule has 2 aromatic carbocycles. The number of rotatable bonds is 10. The number of ether oxygens (including phenoxy) is 1. The second kappa shape index (κ2) is 10.8. The van der Waals surface area contributed by atoms with Gasteiger partial charge >= 0.3 is 0 Å². The first kappa shape index (κ1) is 25.5. The molecule has 1 aromatic heterocycles. The molecule has 0 radical (unpaired) electrons. The topological polar surface area (TPSA) is 102 Å². The molecule has 3 aromatic rings. The molecule has 34 heavy (non-hydrogen) atoms. The predicted octanol–water partition coefficient (Wildman–Crippen LogP) is 3.63. The summed E-state index contributed by atoms with van der Waals surface area (Å²) in [6, 6.07) is 16.0. The van der Waals surface area contributed by atoms with Gasteiger partial charge in [-0.15, -0.1) is 0 Å². The van der Waals surface area contributed by atoms with E-state index in [1.165, 1.54) is 6.92 Å². The van der Waals surface area contributed by atoms with Crippen LogP contribution in [-0.2, 0) is 27.8 Å². The van der Waals surface area contributed by atoms with Gasteiger partial charge in [0.1, 0.15) is 16.3 Å². The van der Waals surface area contributed by atoms with E-state index in [1.54, 1.807) is 25.9 Å². The van der Waals surface area contributed by atoms with Gasteiger partial charge in [0.15, 0.2) is 5.76 Å². The molecular formula is C25H31N3O5S. The standard InChI is InChI=1S/C25H31N3O5S/c1-17(15-22-13-9-10-14-23(22)32-5)28(16-21-11-7-6-8-12-21)25(29)19(3)27-34(30,31)24-18(2)26-33-20(24)4/h6-14,17,19,27H,15-16H2,1-5H3/t17?,19-/m0/s1. The molecule has 1 amide bonds. The normalized spacial score (nSPS) is 13.3. The molecule has 2 atom stereocenters. The Kier molecular flexibility index (Phi) is 8.11. The number of para-hydroxylation sites is 1. The van der Waals surface area contributed by atoms with Crippen LogP contribution in [0.1, 0.15) is 36.4 Å². The van der Waals surface area contributed by atoms with E-state index >= 15 is 0 Å². The van der Waals surface area contributed by atoms with Crippen LogP contribution in [0.4, 0.5) is 0 Å². The van der Waals surface area contributed by atoms with Gasteiger partial charge in [-0.3, -0.25) is 4.79 Å². The molecule has 1 heterocycles. The highest BCUT2D eigenvalue weighted by Gasteiger charge is 2.32. The monoisotopic (exact) mass is 485 g/mol. The Bertz CT molecular complexity index is 1200. The highest BCUT2D eigenvalue weighted by molar-refractivity contribution is 7.89. The SMILES string of the molecule is COc1ccccc1CC(C)N(Cc1ccccc1)C(=O)[C@H](C)NS(=O)(=O)c1c(C)noc1C. The lowest BCUT2D eigenvalue weighted by molar-refractivity contribution is -0.135. The number of sulfonamides is 1. The third-order valence-corrected chi connectivity index (χ3v) is 7.44. The summed E-state index contributed by atoms with van der Waals surface area (Å²) in [4.78, 5) is 15.2. The van der Waals surface area contributed by atoms with E-state index in [9.17, 15) is 13.2 Å². The van der Waals surface area contributed by atoms with Gasteiger partial charge < -0.3 is 14.2 Å². The molecule has 182 valence electrons. The number of nitrogens with zero attached hydrogens (tertiary/aromatic N) is 2. The molecule has 0 saturated carbocycles. The van der Waals surface area contributed by atoms with Gasteiger partial charge in [0, 0.05) is 12.6 Å². The van der Waals surface area contributed by atoms with Crippen molar-refractivity contribution in [2.24, 2.45) is 0 Å². The molecule has 8 nitrogen and oxygen atoms in total. The van der Waals surface area contributed by atoms with Crippen LogP contribution in [0.15, 0.2) is 64.0 Å². The maximum atomic E-state index is 13.6. The molecule has 1 unspecified atom stereocenters. The summed E-state index contributed by atoms with van der Waals surface area (Å²) in [6.07, 6.45) is 0.548. The van der Waals surface area contributed by atoms with Crippen LogP contribution >= 0.6 is 0 Å². The van der Waals surface area contributed by atoms with Crippen molar-refractivity contribution in [3.8, 4) is 5.75 Å². The minimum absolute atomic E-state index is 0.0381. The number of hydrogen-bond donors (Lipinski definition) is 1. The van der Waals surface area contributed by atoms with E-state index < -0.39 is 16.1 Å². The molecule has 0 aliphatic rings. The van der Waals surface area contributed by atoms with Crippen LogP contribution in [0.5, 0.6) is 5.75 Å². The summed E-state index contributed by atoms with van der Waals surface area (Å²) >= 11 is 0. The summed E-state index contributed by atoms with van der Waals surface area (Å²) in [5, 5.41) is 3.72. The zero-order valence-electron chi connectivity index (χ0n) is 20.1. The lowest BCUT2D eigenvalue weighted by Crippen LogP contribution is -2.50. The average molecular weight is 486 g/mol. The molecule has 0 aliphatic carbocycles. The number of aryl methyl sites for hydroxylation is 2. The third-order valence-electron chi connectivity index (χ3n) is 5.66. The van der Waals surface area contributed by atoms with Crippen molar-refractivity contribution in [2.45, 2.75) is 57.6 Å². The lowest BCUT2D eigenvalue weighted by atomic mass is 10.0. The van der Waals surface area contributed by atoms with Gasteiger partial charge in [0.25, 0.3) is 0 Å². The van der Waals surface area contributed by atoms with Crippen molar-refractivity contribution in [3.05, 3.63) is 77.2 Å². The number of methoxy groups -OCH3 is 1. The fourth-order valence-corrected chi connectivity index (χ4v) is 5.51. The summed E-state index contributed by atoms with van der Waals surface area (Å²) in [7, 11) is -2.38. The summed E-state index contributed by atoms with van der Waals surface area (Å²) in [6.45, 7) is 6.91. The molecule has 3 rings (SSSR count). The number of carbonyl (C=O) groups is 1. The average Bonchev–Trinajstić information content (AvgIpc) is 3.16. The number of nitrogens with one attached hydrogen (secondary N) is 1. The van der Waals surface area contributed by atoms with Gasteiger partial charge in [-0.25, -0.2) is 8.42 Å². The second-order valence-electron chi connectivity index (χ2n) is 8.31. The van der Waals surface area contributed by atoms with E-state index in [-0.39, 0.29) is 28.3 Å². The number of amides is 1. The molecule has 0 aliphatic heterocycles. The maximum absolute atomic E-state index is 13.6. The van der Waals surface area contributed by atoms with Gasteiger partial charge in [-0.05, 0) is 51.3 Å². The predicted molar refractivity (Wildman–Crippen MR) is 129 cm³/mol. The van der Waals surface area contributed by atoms with Crippen LogP contribution in [0.25, 0.3) is 0 Å². The second-order valence-corrected chi connectivity index (χ2v) is 9.96. The molecule has 0 saturated heterocycles. The highest BCUT2D eigenvalue weighted by Crippen LogP contribution is 2.23. The Labute approximate surface area is 201 Å². The quantitative estimate of drug-likeness (QED) is 0.471. The molecule has 9 heteroatoms. The summed E-state index contributed by atoms with van der Waals surface area (Å²) in [5.74, 6) is 0.588. The number of benzene rings is 2. The minimum atomic E-state index is -4.00. The van der Waals surface area contributed by atoms with E-state index in [0.717, 1.165) is 16.9 Å². The Balaban J connectivity index is 1.86. The fourth-order valence-electron chi connectivity index (χ4n) is 3.98. The lowest BCUT2D eigenvalue weighted by Gasteiger charge is -2.32. The number of carbonyl (C=O) groups excluding carboxylic acids is 1. The van der Waals surface area contributed by atoms with Crippen molar-refractivity contribution in [2.75, 3.05) is 7.11 Å². The van der Waals surface area contributed by atoms with Crippen molar-refractivity contribution in [1.29, 1.82) is 0 Å². The van der Waals surface area contributed by atoms with Crippen molar-refractivity contribution < 1.29 is 22.5 Å². The van der Waals surface area contributed by atoms with Gasteiger partial charge in [-0.2, -0.15) is 4.72 Å². The number of hydrogen-bond acceptors (Lipinski definition) is 6. The van der Waals surface area contributed by atoms with Crippen molar-refractivity contribution in [1.82, 2.24) is 14.8 Å². The van der Waals surface area contributed by atoms with Crippen LogP contribution in [0.3, 0.4) is 0 Å². The largest absolute Gasteiger partial charge is 0.496 e. The zero-order chi connectivity index (χ0) is 24.9. The molecule has 1 N–H and O–H groups in total. The first-order valence-corrected chi connectivity index (χ1v) is 12.5. The Hall–Kier alpha value is -3.17. The first-order valence-electron chi connectivity index (χ1n) is 11.1. The Morgan fingerprint density at radius 2 is 1.74 bits per heavy atom. The highest BCUT2D eigenvalue weighted by atomic mass is 32.2. The van der Waals surface area contributed by atoms with Crippen LogP contribution in [-0.4, -0.2) is 43.6 Å². The fraction of sp³-hybridized carbons (Fsp3) is 0.360. The van der Waals surface area contributed by atoms with Gasteiger partial charge in [0.2, 0.25) is 15.9 Å². The van der Waals surface area contributed by atoms with Crippen LogP contribution in [0.2, 0.25) is 0 Å².